The predicted molar refractivity (Wildman–Crippen MR) is 107 cm³/mol. The van der Waals surface area contributed by atoms with Gasteiger partial charge in [0.05, 0.1) is 17.2 Å². The molecule has 2 aliphatic heterocycles. The number of nitrogens with zero attached hydrogens (tertiary/aromatic N) is 3. The minimum Gasteiger partial charge on any atom is -0.445 e. The molecule has 0 spiro atoms. The molecule has 10 heteroatoms. The van der Waals surface area contributed by atoms with Gasteiger partial charge in [-0.3, -0.25) is 4.79 Å². The van der Waals surface area contributed by atoms with Gasteiger partial charge in [-0.2, -0.15) is 13.2 Å². The van der Waals surface area contributed by atoms with Crippen molar-refractivity contribution in [1.82, 2.24) is 14.8 Å². The second-order valence-electron chi connectivity index (χ2n) is 7.70. The number of alkyl halides is 3. The Kier molecular flexibility index (Phi) is 6.17. The van der Waals surface area contributed by atoms with Crippen LogP contribution < -0.4 is 0 Å². The van der Waals surface area contributed by atoms with E-state index in [1.54, 1.807) is 4.90 Å². The van der Waals surface area contributed by atoms with Crippen molar-refractivity contribution in [3.8, 4) is 0 Å². The molecular formula is C21H22F3N3O3S. The summed E-state index contributed by atoms with van der Waals surface area (Å²) in [5.74, 6) is -1.64. The van der Waals surface area contributed by atoms with Crippen LogP contribution in [0.4, 0.5) is 18.0 Å². The van der Waals surface area contributed by atoms with Gasteiger partial charge in [0.25, 0.3) is 0 Å². The van der Waals surface area contributed by atoms with Crippen LogP contribution in [-0.4, -0.2) is 52.6 Å². The number of hydrogen-bond acceptors (Lipinski definition) is 5. The number of halogens is 3. The first kappa shape index (κ1) is 21.6. The standard InChI is InChI=1S/C21H22F3N3O3S/c22-21(23,24)19(28)27-11-8-16-17(12-27)31-18(25-16)15-6-9-26(10-7-15)20(29)30-13-14-4-2-1-3-5-14/h1-5,15H,6-13H2. The molecular weight excluding hydrogens is 431 g/mol. The van der Waals surface area contributed by atoms with E-state index in [4.69, 9.17) is 4.74 Å². The highest BCUT2D eigenvalue weighted by atomic mass is 32.1. The molecule has 2 aliphatic rings. The third-order valence-corrected chi connectivity index (χ3v) is 6.83. The summed E-state index contributed by atoms with van der Waals surface area (Å²) >= 11 is 1.38. The number of piperidine rings is 1. The number of hydrogen-bond donors (Lipinski definition) is 0. The lowest BCUT2D eigenvalue weighted by Gasteiger charge is -2.30. The smallest absolute Gasteiger partial charge is 0.445 e. The number of ether oxygens (including phenoxy) is 1. The Bertz CT molecular complexity index is 940. The molecule has 0 N–H and O–H groups in total. The molecule has 0 saturated carbocycles. The van der Waals surface area contributed by atoms with Crippen molar-refractivity contribution in [3.63, 3.8) is 0 Å². The zero-order chi connectivity index (χ0) is 22.0. The van der Waals surface area contributed by atoms with Crippen LogP contribution in [0.5, 0.6) is 0 Å². The van der Waals surface area contributed by atoms with Crippen molar-refractivity contribution in [2.75, 3.05) is 19.6 Å². The fourth-order valence-corrected chi connectivity index (χ4v) is 5.16. The molecule has 2 aromatic rings. The largest absolute Gasteiger partial charge is 0.471 e. The van der Waals surface area contributed by atoms with Crippen LogP contribution in [0.15, 0.2) is 30.3 Å². The van der Waals surface area contributed by atoms with Crippen molar-refractivity contribution in [1.29, 1.82) is 0 Å². The van der Waals surface area contributed by atoms with E-state index in [0.717, 1.165) is 38.9 Å². The fraction of sp³-hybridized carbons (Fsp3) is 0.476. The number of benzene rings is 1. The summed E-state index contributed by atoms with van der Waals surface area (Å²) in [4.78, 5) is 31.7. The van der Waals surface area contributed by atoms with E-state index in [1.807, 2.05) is 30.3 Å². The summed E-state index contributed by atoms with van der Waals surface area (Å²) in [5.41, 5.74) is 1.72. The second kappa shape index (κ2) is 8.86. The molecule has 0 aliphatic carbocycles. The Morgan fingerprint density at radius 3 is 2.48 bits per heavy atom. The first-order valence-corrected chi connectivity index (χ1v) is 10.9. The van der Waals surface area contributed by atoms with Gasteiger partial charge in [-0.05, 0) is 18.4 Å². The van der Waals surface area contributed by atoms with Crippen molar-refractivity contribution < 1.29 is 27.5 Å². The maximum Gasteiger partial charge on any atom is 0.471 e. The highest BCUT2D eigenvalue weighted by molar-refractivity contribution is 7.11. The zero-order valence-corrected chi connectivity index (χ0v) is 17.5. The quantitative estimate of drug-likeness (QED) is 0.702. The van der Waals surface area contributed by atoms with Gasteiger partial charge in [0.2, 0.25) is 0 Å². The molecule has 3 heterocycles. The first-order chi connectivity index (χ1) is 14.8. The molecule has 1 saturated heterocycles. The van der Waals surface area contributed by atoms with Crippen LogP contribution in [0.1, 0.15) is 39.9 Å². The van der Waals surface area contributed by atoms with Gasteiger partial charge >= 0.3 is 18.2 Å². The minimum atomic E-state index is -4.85. The lowest BCUT2D eigenvalue weighted by atomic mass is 9.98. The van der Waals surface area contributed by atoms with Crippen LogP contribution in [-0.2, 0) is 29.1 Å². The molecule has 2 amide bonds. The monoisotopic (exact) mass is 453 g/mol. The van der Waals surface area contributed by atoms with E-state index in [-0.39, 0.29) is 31.7 Å². The van der Waals surface area contributed by atoms with Gasteiger partial charge in [-0.1, -0.05) is 30.3 Å². The normalized spacial score (nSPS) is 17.4. The molecule has 0 radical (unpaired) electrons. The number of carbonyl (C=O) groups excluding carboxylic acids is 2. The Labute approximate surface area is 181 Å². The van der Waals surface area contributed by atoms with Crippen molar-refractivity contribution >= 4 is 23.3 Å². The van der Waals surface area contributed by atoms with Crippen molar-refractivity contribution in [2.45, 2.75) is 44.5 Å². The molecule has 4 rings (SSSR count). The molecule has 1 aromatic carbocycles. The zero-order valence-electron chi connectivity index (χ0n) is 16.7. The van der Waals surface area contributed by atoms with E-state index in [9.17, 15) is 22.8 Å². The van der Waals surface area contributed by atoms with E-state index in [0.29, 0.717) is 19.5 Å². The van der Waals surface area contributed by atoms with Crippen LogP contribution in [0.25, 0.3) is 0 Å². The number of likely N-dealkylation sites (tertiary alicyclic amines) is 1. The second-order valence-corrected chi connectivity index (χ2v) is 8.81. The van der Waals surface area contributed by atoms with Crippen LogP contribution in [0.2, 0.25) is 0 Å². The molecule has 31 heavy (non-hydrogen) atoms. The number of amides is 2. The summed E-state index contributed by atoms with van der Waals surface area (Å²) in [7, 11) is 0. The third-order valence-electron chi connectivity index (χ3n) is 5.59. The van der Waals surface area contributed by atoms with Crippen LogP contribution in [0, 0.1) is 0 Å². The predicted octanol–water partition coefficient (Wildman–Crippen LogP) is 4.11. The molecule has 166 valence electrons. The molecule has 1 fully saturated rings. The molecule has 0 bridgehead atoms. The van der Waals surface area contributed by atoms with Gasteiger partial charge in [0.15, 0.2) is 0 Å². The molecule has 0 unspecified atom stereocenters. The Morgan fingerprint density at radius 1 is 1.10 bits per heavy atom. The topological polar surface area (TPSA) is 62.7 Å². The summed E-state index contributed by atoms with van der Waals surface area (Å²) in [6.07, 6.45) is -3.43. The van der Waals surface area contributed by atoms with Gasteiger partial charge in [0.1, 0.15) is 6.61 Å². The van der Waals surface area contributed by atoms with E-state index in [1.165, 1.54) is 11.3 Å². The lowest BCUT2D eigenvalue weighted by Crippen LogP contribution is -2.43. The Balaban J connectivity index is 1.30. The van der Waals surface area contributed by atoms with E-state index < -0.39 is 12.1 Å². The average molecular weight is 453 g/mol. The maximum absolute atomic E-state index is 12.7. The number of fused-ring (bicyclic) bond motifs is 1. The molecule has 0 atom stereocenters. The Hall–Kier alpha value is -2.62. The van der Waals surface area contributed by atoms with Crippen molar-refractivity contribution in [3.05, 3.63) is 51.5 Å². The minimum absolute atomic E-state index is 0.0280. The van der Waals surface area contributed by atoms with Gasteiger partial charge in [0, 0.05) is 36.9 Å². The average Bonchev–Trinajstić information content (AvgIpc) is 3.20. The number of thiazole rings is 1. The SMILES string of the molecule is O=C(OCc1ccccc1)N1CCC(c2nc3c(s2)CN(C(=O)C(F)(F)F)CC3)CC1. The highest BCUT2D eigenvalue weighted by Crippen LogP contribution is 2.35. The summed E-state index contributed by atoms with van der Waals surface area (Å²) in [6, 6.07) is 9.47. The van der Waals surface area contributed by atoms with Crippen LogP contribution in [0.3, 0.4) is 0 Å². The lowest BCUT2D eigenvalue weighted by molar-refractivity contribution is -0.186. The van der Waals surface area contributed by atoms with Gasteiger partial charge in [-0.25, -0.2) is 9.78 Å². The molecule has 1 aromatic heterocycles. The third kappa shape index (κ3) is 5.00. The maximum atomic E-state index is 12.7. The van der Waals surface area contributed by atoms with E-state index >= 15 is 0 Å². The summed E-state index contributed by atoms with van der Waals surface area (Å²) in [6.45, 7) is 1.30. The first-order valence-electron chi connectivity index (χ1n) is 10.1. The number of rotatable bonds is 3. The Morgan fingerprint density at radius 2 is 1.81 bits per heavy atom. The fourth-order valence-electron chi connectivity index (χ4n) is 3.86. The summed E-state index contributed by atoms with van der Waals surface area (Å²) < 4.78 is 43.5. The van der Waals surface area contributed by atoms with Crippen LogP contribution >= 0.6 is 11.3 Å². The number of carbonyl (C=O) groups is 2. The van der Waals surface area contributed by atoms with Gasteiger partial charge < -0.3 is 14.5 Å². The highest BCUT2D eigenvalue weighted by Gasteiger charge is 2.43. The van der Waals surface area contributed by atoms with Crippen molar-refractivity contribution in [2.24, 2.45) is 0 Å². The summed E-state index contributed by atoms with van der Waals surface area (Å²) in [5, 5.41) is 0.878. The number of aromatic nitrogens is 1. The van der Waals surface area contributed by atoms with Gasteiger partial charge in [-0.15, -0.1) is 11.3 Å². The van der Waals surface area contributed by atoms with E-state index in [2.05, 4.69) is 4.98 Å². The molecule has 6 nitrogen and oxygen atoms in total.